The fraction of sp³-hybridized carbons (Fsp3) is 0.500. The smallest absolute Gasteiger partial charge is 0.127 e. The van der Waals surface area contributed by atoms with Gasteiger partial charge in [-0.05, 0) is 39.2 Å². The normalized spacial score (nSPS) is 13.1. The van der Waals surface area contributed by atoms with Gasteiger partial charge in [0.05, 0.1) is 0 Å². The number of benzene rings is 1. The summed E-state index contributed by atoms with van der Waals surface area (Å²) in [6.07, 6.45) is 0. The number of nitrogens with one attached hydrogen (secondary N) is 1. The average molecular weight is 289 g/mol. The van der Waals surface area contributed by atoms with E-state index < -0.39 is 0 Å². The Morgan fingerprint density at radius 1 is 1.44 bits per heavy atom. The monoisotopic (exact) mass is 288 g/mol. The Morgan fingerprint density at radius 2 is 2.12 bits per heavy atom. The van der Waals surface area contributed by atoms with Crippen LogP contribution in [0, 0.1) is 5.82 Å². The van der Waals surface area contributed by atoms with Gasteiger partial charge in [-0.1, -0.05) is 15.9 Å². The predicted molar refractivity (Wildman–Crippen MR) is 69.0 cm³/mol. The highest BCUT2D eigenvalue weighted by molar-refractivity contribution is 9.10. The van der Waals surface area contributed by atoms with Gasteiger partial charge in [0, 0.05) is 29.2 Å². The van der Waals surface area contributed by atoms with Gasteiger partial charge >= 0.3 is 0 Å². The van der Waals surface area contributed by atoms with E-state index in [4.69, 9.17) is 0 Å². The Bertz CT molecular complexity index is 342. The van der Waals surface area contributed by atoms with Crippen molar-refractivity contribution in [2.75, 3.05) is 20.6 Å². The molecule has 90 valence electrons. The van der Waals surface area contributed by atoms with Gasteiger partial charge in [-0.25, -0.2) is 4.39 Å². The molecule has 1 rings (SSSR count). The van der Waals surface area contributed by atoms with Crippen LogP contribution >= 0.6 is 15.9 Å². The Morgan fingerprint density at radius 3 is 2.75 bits per heavy atom. The Labute approximate surface area is 105 Å². The van der Waals surface area contributed by atoms with Crippen LogP contribution < -0.4 is 5.32 Å². The Balaban J connectivity index is 2.45. The van der Waals surface area contributed by atoms with Crippen LogP contribution in [0.1, 0.15) is 12.5 Å². The molecule has 1 atom stereocenters. The lowest BCUT2D eigenvalue weighted by Crippen LogP contribution is -2.35. The summed E-state index contributed by atoms with van der Waals surface area (Å²) >= 11 is 3.34. The summed E-state index contributed by atoms with van der Waals surface area (Å²) in [6, 6.07) is 5.44. The van der Waals surface area contributed by atoms with Crippen LogP contribution in [0.15, 0.2) is 22.7 Å². The van der Waals surface area contributed by atoms with Crippen molar-refractivity contribution in [3.63, 3.8) is 0 Å². The van der Waals surface area contributed by atoms with Gasteiger partial charge in [-0.15, -0.1) is 0 Å². The minimum Gasteiger partial charge on any atom is -0.311 e. The zero-order chi connectivity index (χ0) is 12.1. The standard InChI is InChI=1S/C12H18BrFN2/c1-9(16(2)3)7-15-8-10-6-11(13)4-5-12(10)14/h4-6,9,15H,7-8H2,1-3H3. The van der Waals surface area contributed by atoms with Crippen molar-refractivity contribution >= 4 is 15.9 Å². The first-order chi connectivity index (χ1) is 7.50. The summed E-state index contributed by atoms with van der Waals surface area (Å²) in [5.41, 5.74) is 0.695. The van der Waals surface area contributed by atoms with Gasteiger partial charge in [-0.3, -0.25) is 0 Å². The van der Waals surface area contributed by atoms with Gasteiger partial charge < -0.3 is 10.2 Å². The SMILES string of the molecule is CC(CNCc1cc(Br)ccc1F)N(C)C. The number of hydrogen-bond acceptors (Lipinski definition) is 2. The number of rotatable bonds is 5. The Hall–Kier alpha value is -0.450. The van der Waals surface area contributed by atoms with E-state index in [0.717, 1.165) is 11.0 Å². The zero-order valence-electron chi connectivity index (χ0n) is 9.93. The van der Waals surface area contributed by atoms with E-state index in [1.165, 1.54) is 6.07 Å². The molecule has 1 aromatic carbocycles. The van der Waals surface area contributed by atoms with Crippen molar-refractivity contribution in [2.24, 2.45) is 0 Å². The average Bonchev–Trinajstić information content (AvgIpc) is 2.22. The number of hydrogen-bond donors (Lipinski definition) is 1. The molecular weight excluding hydrogens is 271 g/mol. The maximum Gasteiger partial charge on any atom is 0.127 e. The maximum absolute atomic E-state index is 13.4. The number of likely N-dealkylation sites (N-methyl/N-ethyl adjacent to an activating group) is 1. The number of nitrogens with zero attached hydrogens (tertiary/aromatic N) is 1. The largest absolute Gasteiger partial charge is 0.311 e. The van der Waals surface area contributed by atoms with Gasteiger partial charge in [-0.2, -0.15) is 0 Å². The first-order valence-electron chi connectivity index (χ1n) is 5.31. The molecule has 0 saturated carbocycles. The van der Waals surface area contributed by atoms with Gasteiger partial charge in [0.2, 0.25) is 0 Å². The second-order valence-corrected chi connectivity index (χ2v) is 5.09. The van der Waals surface area contributed by atoms with Gasteiger partial charge in [0.1, 0.15) is 5.82 Å². The summed E-state index contributed by atoms with van der Waals surface area (Å²) in [7, 11) is 4.07. The molecule has 0 aromatic heterocycles. The highest BCUT2D eigenvalue weighted by Crippen LogP contribution is 2.15. The molecule has 0 spiro atoms. The third-order valence-electron chi connectivity index (χ3n) is 2.64. The maximum atomic E-state index is 13.4. The molecule has 0 aliphatic heterocycles. The highest BCUT2D eigenvalue weighted by Gasteiger charge is 2.05. The van der Waals surface area contributed by atoms with Crippen LogP contribution in [-0.4, -0.2) is 31.6 Å². The van der Waals surface area contributed by atoms with Crippen LogP contribution in [0.3, 0.4) is 0 Å². The summed E-state index contributed by atoms with van der Waals surface area (Å²) in [6.45, 7) is 3.53. The van der Waals surface area contributed by atoms with Gasteiger partial charge in [0.25, 0.3) is 0 Å². The van der Waals surface area contributed by atoms with E-state index in [0.29, 0.717) is 18.2 Å². The quantitative estimate of drug-likeness (QED) is 0.896. The molecule has 16 heavy (non-hydrogen) atoms. The van der Waals surface area contributed by atoms with E-state index >= 15 is 0 Å². The molecule has 4 heteroatoms. The topological polar surface area (TPSA) is 15.3 Å². The summed E-state index contributed by atoms with van der Waals surface area (Å²) in [4.78, 5) is 2.13. The fourth-order valence-corrected chi connectivity index (χ4v) is 1.69. The second kappa shape index (κ2) is 6.33. The molecule has 0 aliphatic rings. The van der Waals surface area contributed by atoms with E-state index in [1.54, 1.807) is 6.07 Å². The van der Waals surface area contributed by atoms with Crippen molar-refractivity contribution in [1.29, 1.82) is 0 Å². The van der Waals surface area contributed by atoms with E-state index in [9.17, 15) is 4.39 Å². The first-order valence-corrected chi connectivity index (χ1v) is 6.11. The lowest BCUT2D eigenvalue weighted by Gasteiger charge is -2.20. The highest BCUT2D eigenvalue weighted by atomic mass is 79.9. The van der Waals surface area contributed by atoms with Crippen molar-refractivity contribution < 1.29 is 4.39 Å². The predicted octanol–water partition coefficient (Wildman–Crippen LogP) is 2.63. The molecule has 1 aromatic rings. The third kappa shape index (κ3) is 4.20. The Kier molecular flexibility index (Phi) is 5.38. The summed E-state index contributed by atoms with van der Waals surface area (Å²) in [5.74, 6) is -0.159. The summed E-state index contributed by atoms with van der Waals surface area (Å²) in [5, 5.41) is 3.25. The van der Waals surface area contributed by atoms with E-state index in [-0.39, 0.29) is 5.82 Å². The van der Waals surface area contributed by atoms with Crippen molar-refractivity contribution in [1.82, 2.24) is 10.2 Å². The number of halogens is 2. The van der Waals surface area contributed by atoms with Crippen LogP contribution in [0.4, 0.5) is 4.39 Å². The van der Waals surface area contributed by atoms with Crippen LogP contribution in [0.2, 0.25) is 0 Å². The molecule has 0 saturated heterocycles. The lowest BCUT2D eigenvalue weighted by atomic mass is 10.2. The van der Waals surface area contributed by atoms with E-state index in [1.807, 2.05) is 20.2 Å². The van der Waals surface area contributed by atoms with Crippen molar-refractivity contribution in [2.45, 2.75) is 19.5 Å². The minimum atomic E-state index is -0.159. The first kappa shape index (κ1) is 13.6. The van der Waals surface area contributed by atoms with Crippen molar-refractivity contribution in [3.8, 4) is 0 Å². The van der Waals surface area contributed by atoms with Crippen molar-refractivity contribution in [3.05, 3.63) is 34.1 Å². The van der Waals surface area contributed by atoms with Crippen LogP contribution in [0.5, 0.6) is 0 Å². The fourth-order valence-electron chi connectivity index (χ4n) is 1.28. The molecule has 2 nitrogen and oxygen atoms in total. The van der Waals surface area contributed by atoms with Crippen LogP contribution in [-0.2, 0) is 6.54 Å². The third-order valence-corrected chi connectivity index (χ3v) is 3.14. The van der Waals surface area contributed by atoms with Crippen LogP contribution in [0.25, 0.3) is 0 Å². The molecule has 1 unspecified atom stereocenters. The molecule has 0 aliphatic carbocycles. The minimum absolute atomic E-state index is 0.159. The van der Waals surface area contributed by atoms with E-state index in [2.05, 4.69) is 33.1 Å². The zero-order valence-corrected chi connectivity index (χ0v) is 11.5. The lowest BCUT2D eigenvalue weighted by molar-refractivity contribution is 0.302. The second-order valence-electron chi connectivity index (χ2n) is 4.18. The molecule has 1 N–H and O–H groups in total. The molecule has 0 heterocycles. The molecule has 0 amide bonds. The molecule has 0 fully saturated rings. The van der Waals surface area contributed by atoms with Gasteiger partial charge in [0.15, 0.2) is 0 Å². The molecular formula is C12H18BrFN2. The molecule has 0 radical (unpaired) electrons. The molecule has 0 bridgehead atoms. The summed E-state index contributed by atoms with van der Waals surface area (Å²) < 4.78 is 14.3.